The normalized spacial score (nSPS) is 24.5. The topological polar surface area (TPSA) is 108 Å². The van der Waals surface area contributed by atoms with Crippen LogP contribution in [0.25, 0.3) is 11.1 Å². The van der Waals surface area contributed by atoms with Gasteiger partial charge in [0.15, 0.2) is 0 Å². The van der Waals surface area contributed by atoms with Crippen molar-refractivity contribution < 1.29 is 4.79 Å². The highest BCUT2D eigenvalue weighted by Crippen LogP contribution is 2.48. The average molecular weight is 606 g/mol. The number of fused-ring (bicyclic) bond motifs is 1. The number of benzene rings is 3. The smallest absolute Gasteiger partial charge is 0.246 e. The number of nitrogens with one attached hydrogen (secondary N) is 2. The number of nitrogen functional groups attached to an aromatic ring is 1. The molecule has 2 aliphatic carbocycles. The molecule has 3 aliphatic rings. The first-order valence-corrected chi connectivity index (χ1v) is 17.4. The van der Waals surface area contributed by atoms with E-state index in [-0.39, 0.29) is 29.7 Å². The van der Waals surface area contributed by atoms with Crippen molar-refractivity contribution in [2.24, 2.45) is 17.4 Å². The Kier molecular flexibility index (Phi) is 9.89. The van der Waals surface area contributed by atoms with E-state index in [2.05, 4.69) is 70.9 Å². The lowest BCUT2D eigenvalue weighted by atomic mass is 9.73. The van der Waals surface area contributed by atoms with E-state index in [1.165, 1.54) is 54.4 Å². The fraction of sp³-hybridized carbons (Fsp3) is 0.487. The maximum Gasteiger partial charge on any atom is 0.246 e. The molecule has 3 aromatic rings. The minimum Gasteiger partial charge on any atom is -0.384 e. The van der Waals surface area contributed by atoms with E-state index in [0.717, 1.165) is 57.1 Å². The van der Waals surface area contributed by atoms with Gasteiger partial charge in [-0.3, -0.25) is 10.2 Å². The SMILES string of the molecule is N=C(N)c1ccc2c(c1)N(Cc1ccc(-c3ccccc3)cc1)C(C(=O)NC1CCC(N)CC1)(C1CCCCCCCCC1)C2. The lowest BCUT2D eigenvalue weighted by Crippen LogP contribution is -2.63. The van der Waals surface area contributed by atoms with Crippen LogP contribution in [0.4, 0.5) is 5.69 Å². The monoisotopic (exact) mass is 605 g/mol. The van der Waals surface area contributed by atoms with Gasteiger partial charge < -0.3 is 21.7 Å². The molecule has 1 amide bonds. The average Bonchev–Trinajstić information content (AvgIpc) is 3.39. The zero-order valence-electron chi connectivity index (χ0n) is 26.8. The van der Waals surface area contributed by atoms with Gasteiger partial charge in [-0.2, -0.15) is 0 Å². The van der Waals surface area contributed by atoms with Gasteiger partial charge in [-0.15, -0.1) is 0 Å². The van der Waals surface area contributed by atoms with Gasteiger partial charge in [0.1, 0.15) is 11.4 Å². The molecule has 1 unspecified atom stereocenters. The summed E-state index contributed by atoms with van der Waals surface area (Å²) < 4.78 is 0. The van der Waals surface area contributed by atoms with Crippen molar-refractivity contribution in [3.63, 3.8) is 0 Å². The first-order chi connectivity index (χ1) is 21.9. The summed E-state index contributed by atoms with van der Waals surface area (Å²) in [5, 5.41) is 11.8. The molecule has 6 heteroatoms. The number of anilines is 1. The number of nitrogens with two attached hydrogens (primary N) is 2. The summed E-state index contributed by atoms with van der Waals surface area (Å²) in [7, 11) is 0. The molecule has 0 aromatic heterocycles. The molecular weight excluding hydrogens is 554 g/mol. The minimum atomic E-state index is -0.700. The highest BCUT2D eigenvalue weighted by Gasteiger charge is 2.54. The molecule has 1 atom stereocenters. The van der Waals surface area contributed by atoms with Gasteiger partial charge in [0.25, 0.3) is 0 Å². The minimum absolute atomic E-state index is 0.0594. The summed E-state index contributed by atoms with van der Waals surface area (Å²) in [5.41, 5.74) is 18.1. The Labute approximate surface area is 269 Å². The van der Waals surface area contributed by atoms with Crippen LogP contribution >= 0.6 is 0 Å². The Balaban J connectivity index is 1.41. The Hall–Kier alpha value is -3.64. The molecule has 1 heterocycles. The van der Waals surface area contributed by atoms with E-state index < -0.39 is 5.54 Å². The third kappa shape index (κ3) is 6.96. The second-order valence-electron chi connectivity index (χ2n) is 13.8. The fourth-order valence-electron chi connectivity index (χ4n) is 8.19. The van der Waals surface area contributed by atoms with Gasteiger partial charge in [0, 0.05) is 36.3 Å². The number of amides is 1. The van der Waals surface area contributed by atoms with Crippen LogP contribution in [0, 0.1) is 11.3 Å². The molecule has 6 nitrogen and oxygen atoms in total. The Morgan fingerprint density at radius 3 is 2.07 bits per heavy atom. The predicted octanol–water partition coefficient (Wildman–Crippen LogP) is 7.47. The number of rotatable bonds is 7. The zero-order valence-corrected chi connectivity index (χ0v) is 26.8. The molecule has 0 bridgehead atoms. The molecule has 0 saturated heterocycles. The van der Waals surface area contributed by atoms with Crippen LogP contribution in [-0.4, -0.2) is 29.4 Å². The molecular formula is C39H51N5O. The van der Waals surface area contributed by atoms with Gasteiger partial charge >= 0.3 is 0 Å². The number of carbonyl (C=O) groups is 1. The summed E-state index contributed by atoms with van der Waals surface area (Å²) in [4.78, 5) is 17.5. The molecule has 0 radical (unpaired) electrons. The second-order valence-corrected chi connectivity index (χ2v) is 13.8. The summed E-state index contributed by atoms with van der Waals surface area (Å²) in [6.45, 7) is 0.628. The highest BCUT2D eigenvalue weighted by molar-refractivity contribution is 5.98. The predicted molar refractivity (Wildman–Crippen MR) is 185 cm³/mol. The Morgan fingerprint density at radius 2 is 1.42 bits per heavy atom. The maximum absolute atomic E-state index is 15.0. The van der Waals surface area contributed by atoms with Crippen LogP contribution < -0.4 is 21.7 Å². The summed E-state index contributed by atoms with van der Waals surface area (Å²) in [6.07, 6.45) is 15.3. The summed E-state index contributed by atoms with van der Waals surface area (Å²) >= 11 is 0. The van der Waals surface area contributed by atoms with Crippen molar-refractivity contribution in [3.05, 3.63) is 89.5 Å². The van der Waals surface area contributed by atoms with Crippen molar-refractivity contribution in [2.45, 2.75) is 114 Å². The molecule has 6 rings (SSSR count). The van der Waals surface area contributed by atoms with E-state index in [4.69, 9.17) is 16.9 Å². The van der Waals surface area contributed by atoms with Crippen molar-refractivity contribution in [1.82, 2.24) is 5.32 Å². The number of hydrogen-bond acceptors (Lipinski definition) is 4. The van der Waals surface area contributed by atoms with Gasteiger partial charge in [-0.05, 0) is 72.8 Å². The number of nitrogens with zero attached hydrogens (tertiary/aromatic N) is 1. The van der Waals surface area contributed by atoms with Gasteiger partial charge in [-0.25, -0.2) is 0 Å². The van der Waals surface area contributed by atoms with Crippen molar-refractivity contribution >= 4 is 17.4 Å². The number of carbonyl (C=O) groups excluding carboxylic acids is 1. The molecule has 0 spiro atoms. The number of amidine groups is 1. The van der Waals surface area contributed by atoms with E-state index in [0.29, 0.717) is 18.5 Å². The van der Waals surface area contributed by atoms with E-state index in [9.17, 15) is 0 Å². The lowest BCUT2D eigenvalue weighted by Gasteiger charge is -2.46. The van der Waals surface area contributed by atoms with Gasteiger partial charge in [-0.1, -0.05) is 112 Å². The third-order valence-electron chi connectivity index (χ3n) is 10.8. The van der Waals surface area contributed by atoms with E-state index in [1.54, 1.807) is 0 Å². The van der Waals surface area contributed by atoms with Crippen LogP contribution in [0.15, 0.2) is 72.8 Å². The Bertz CT molecular complexity index is 1440. The highest BCUT2D eigenvalue weighted by atomic mass is 16.2. The molecule has 2 saturated carbocycles. The van der Waals surface area contributed by atoms with Crippen molar-refractivity contribution in [2.75, 3.05) is 4.90 Å². The standard InChI is InChI=1S/C39H51N5O/c40-34-21-23-35(24-22-34)43-38(45)39(33-13-9-4-2-1-3-5-10-14-33)26-32-20-19-31(37(41)42)25-36(32)44(39)27-28-15-17-30(18-16-28)29-11-7-6-8-12-29/h6-8,11-12,15-20,25,33-35H,1-5,9-10,13-14,21-24,26-27,40H2,(H3,41,42)(H,43,45). The largest absolute Gasteiger partial charge is 0.384 e. The van der Waals surface area contributed by atoms with Crippen molar-refractivity contribution in [3.8, 4) is 11.1 Å². The van der Waals surface area contributed by atoms with Crippen LogP contribution in [0.3, 0.4) is 0 Å². The first-order valence-electron chi connectivity index (χ1n) is 17.4. The van der Waals surface area contributed by atoms with Crippen LogP contribution in [-0.2, 0) is 17.8 Å². The second kappa shape index (κ2) is 14.2. The Morgan fingerprint density at radius 1 is 0.800 bits per heavy atom. The van der Waals surface area contributed by atoms with Crippen LogP contribution in [0.5, 0.6) is 0 Å². The summed E-state index contributed by atoms with van der Waals surface area (Å²) in [5.74, 6) is 0.467. The zero-order chi connectivity index (χ0) is 31.2. The van der Waals surface area contributed by atoms with Gasteiger partial charge in [0.2, 0.25) is 5.91 Å². The lowest BCUT2D eigenvalue weighted by molar-refractivity contribution is -0.129. The molecule has 45 heavy (non-hydrogen) atoms. The molecule has 238 valence electrons. The van der Waals surface area contributed by atoms with E-state index >= 15 is 4.79 Å². The molecule has 2 fully saturated rings. The molecule has 3 aromatic carbocycles. The maximum atomic E-state index is 15.0. The first kappa shape index (κ1) is 31.3. The third-order valence-corrected chi connectivity index (χ3v) is 10.8. The molecule has 1 aliphatic heterocycles. The molecule has 6 N–H and O–H groups in total. The fourth-order valence-corrected chi connectivity index (χ4v) is 8.19. The van der Waals surface area contributed by atoms with Gasteiger partial charge in [0.05, 0.1) is 0 Å². The summed E-state index contributed by atoms with van der Waals surface area (Å²) in [6, 6.07) is 25.8. The van der Waals surface area contributed by atoms with Crippen molar-refractivity contribution in [1.29, 1.82) is 5.41 Å². The van der Waals surface area contributed by atoms with Crippen LogP contribution in [0.1, 0.15) is 100 Å². The van der Waals surface area contributed by atoms with Crippen LogP contribution in [0.2, 0.25) is 0 Å². The number of hydrogen-bond donors (Lipinski definition) is 4. The quantitative estimate of drug-likeness (QED) is 0.166. The van der Waals surface area contributed by atoms with E-state index in [1.807, 2.05) is 12.1 Å².